The average molecular weight is 296 g/mol. The van der Waals surface area contributed by atoms with Gasteiger partial charge < -0.3 is 9.64 Å². The lowest BCUT2D eigenvalue weighted by Crippen LogP contribution is -2.51. The van der Waals surface area contributed by atoms with E-state index in [9.17, 15) is 4.79 Å². The zero-order valence-electron chi connectivity index (χ0n) is 14.0. The maximum Gasteiger partial charge on any atom is 0.325 e. The van der Waals surface area contributed by atoms with Crippen LogP contribution >= 0.6 is 0 Å². The van der Waals surface area contributed by atoms with Gasteiger partial charge in [-0.3, -0.25) is 10.1 Å². The highest BCUT2D eigenvalue weighted by Crippen LogP contribution is 2.26. The van der Waals surface area contributed by atoms with Gasteiger partial charge >= 0.3 is 5.97 Å². The van der Waals surface area contributed by atoms with Crippen molar-refractivity contribution in [3.8, 4) is 0 Å². The van der Waals surface area contributed by atoms with Gasteiger partial charge in [0.2, 0.25) is 0 Å². The SMILES string of the molecule is COC(=O)C(C)(CCCCN1CCCCC1C)NC1CC1. The number of nitrogens with zero attached hydrogens (tertiary/aromatic N) is 1. The van der Waals surface area contributed by atoms with Gasteiger partial charge in [-0.05, 0) is 71.9 Å². The fourth-order valence-electron chi connectivity index (χ4n) is 3.42. The average Bonchev–Trinajstić information content (AvgIpc) is 3.28. The second kappa shape index (κ2) is 7.59. The van der Waals surface area contributed by atoms with Crippen molar-refractivity contribution < 1.29 is 9.53 Å². The van der Waals surface area contributed by atoms with Crippen molar-refractivity contribution in [2.75, 3.05) is 20.2 Å². The minimum Gasteiger partial charge on any atom is -0.468 e. The first-order chi connectivity index (χ1) is 10.0. The highest BCUT2D eigenvalue weighted by atomic mass is 16.5. The summed E-state index contributed by atoms with van der Waals surface area (Å²) in [5.41, 5.74) is -0.497. The molecular formula is C17H32N2O2. The second-order valence-corrected chi connectivity index (χ2v) is 7.08. The third-order valence-corrected chi connectivity index (χ3v) is 5.05. The van der Waals surface area contributed by atoms with Crippen molar-refractivity contribution in [3.63, 3.8) is 0 Å². The Morgan fingerprint density at radius 3 is 2.67 bits per heavy atom. The monoisotopic (exact) mass is 296 g/mol. The van der Waals surface area contributed by atoms with Crippen LogP contribution in [0.3, 0.4) is 0 Å². The molecule has 1 aliphatic carbocycles. The Kier molecular flexibility index (Phi) is 6.06. The van der Waals surface area contributed by atoms with Gasteiger partial charge in [-0.15, -0.1) is 0 Å². The minimum atomic E-state index is -0.497. The first kappa shape index (κ1) is 16.8. The van der Waals surface area contributed by atoms with E-state index in [-0.39, 0.29) is 5.97 Å². The molecule has 1 heterocycles. The summed E-state index contributed by atoms with van der Waals surface area (Å²) in [6, 6.07) is 1.26. The normalized spacial score (nSPS) is 26.3. The Bertz CT molecular complexity index is 344. The van der Waals surface area contributed by atoms with E-state index < -0.39 is 5.54 Å². The predicted octanol–water partition coefficient (Wildman–Crippen LogP) is 2.71. The fourth-order valence-corrected chi connectivity index (χ4v) is 3.42. The number of hydrogen-bond donors (Lipinski definition) is 1. The molecule has 1 saturated carbocycles. The standard InChI is InChI=1S/C17H32N2O2/c1-14-8-4-6-12-19(14)13-7-5-11-17(2,16(20)21-3)18-15-9-10-15/h14-15,18H,4-13H2,1-3H3. The Hall–Kier alpha value is -0.610. The number of esters is 1. The maximum atomic E-state index is 12.0. The Morgan fingerprint density at radius 2 is 2.05 bits per heavy atom. The molecule has 1 aliphatic heterocycles. The van der Waals surface area contributed by atoms with E-state index in [0.29, 0.717) is 6.04 Å². The van der Waals surface area contributed by atoms with Crippen LogP contribution in [0.2, 0.25) is 0 Å². The first-order valence-electron chi connectivity index (χ1n) is 8.65. The molecule has 0 aromatic heterocycles. The number of methoxy groups -OCH3 is 1. The van der Waals surface area contributed by atoms with E-state index in [0.717, 1.165) is 18.9 Å². The number of ether oxygens (including phenoxy) is 1. The molecule has 1 saturated heterocycles. The van der Waals surface area contributed by atoms with Crippen LogP contribution in [-0.4, -0.2) is 48.7 Å². The van der Waals surface area contributed by atoms with Gasteiger partial charge in [-0.25, -0.2) is 0 Å². The summed E-state index contributed by atoms with van der Waals surface area (Å²) < 4.78 is 5.00. The molecule has 0 radical (unpaired) electrons. The molecule has 0 bridgehead atoms. The summed E-state index contributed by atoms with van der Waals surface area (Å²) in [6.45, 7) is 6.75. The molecule has 122 valence electrons. The summed E-state index contributed by atoms with van der Waals surface area (Å²) >= 11 is 0. The number of unbranched alkanes of at least 4 members (excludes halogenated alkanes) is 1. The molecular weight excluding hydrogens is 264 g/mol. The van der Waals surface area contributed by atoms with Crippen LogP contribution in [0.15, 0.2) is 0 Å². The van der Waals surface area contributed by atoms with Gasteiger partial charge in [0.15, 0.2) is 0 Å². The van der Waals surface area contributed by atoms with E-state index in [1.165, 1.54) is 58.7 Å². The van der Waals surface area contributed by atoms with E-state index in [1.807, 2.05) is 6.92 Å². The molecule has 21 heavy (non-hydrogen) atoms. The Labute approximate surface area is 129 Å². The smallest absolute Gasteiger partial charge is 0.325 e. The number of rotatable bonds is 8. The number of likely N-dealkylation sites (tertiary alicyclic amines) is 1. The second-order valence-electron chi connectivity index (χ2n) is 7.08. The van der Waals surface area contributed by atoms with Crippen LogP contribution in [0, 0.1) is 0 Å². The number of piperidine rings is 1. The van der Waals surface area contributed by atoms with Crippen LogP contribution in [0.25, 0.3) is 0 Å². The largest absolute Gasteiger partial charge is 0.468 e. The van der Waals surface area contributed by atoms with E-state index in [1.54, 1.807) is 0 Å². The van der Waals surface area contributed by atoms with Crippen molar-refractivity contribution in [1.29, 1.82) is 0 Å². The van der Waals surface area contributed by atoms with Crippen LogP contribution in [-0.2, 0) is 9.53 Å². The van der Waals surface area contributed by atoms with Gasteiger partial charge in [0.25, 0.3) is 0 Å². The van der Waals surface area contributed by atoms with E-state index in [2.05, 4.69) is 17.1 Å². The predicted molar refractivity (Wildman–Crippen MR) is 85.3 cm³/mol. The van der Waals surface area contributed by atoms with E-state index >= 15 is 0 Å². The van der Waals surface area contributed by atoms with Gasteiger partial charge in [0.1, 0.15) is 5.54 Å². The number of hydrogen-bond acceptors (Lipinski definition) is 4. The number of carbonyl (C=O) groups is 1. The van der Waals surface area contributed by atoms with Crippen molar-refractivity contribution in [3.05, 3.63) is 0 Å². The van der Waals surface area contributed by atoms with Crippen molar-refractivity contribution in [2.45, 2.75) is 82.8 Å². The lowest BCUT2D eigenvalue weighted by Gasteiger charge is -2.34. The lowest BCUT2D eigenvalue weighted by molar-refractivity contribution is -0.148. The fraction of sp³-hybridized carbons (Fsp3) is 0.941. The zero-order chi connectivity index (χ0) is 15.3. The third-order valence-electron chi connectivity index (χ3n) is 5.05. The lowest BCUT2D eigenvalue weighted by atomic mass is 9.94. The number of nitrogens with one attached hydrogen (secondary N) is 1. The quantitative estimate of drug-likeness (QED) is 0.552. The number of carbonyl (C=O) groups excluding carboxylic acids is 1. The summed E-state index contributed by atoms with van der Waals surface area (Å²) in [4.78, 5) is 14.7. The Balaban J connectivity index is 1.72. The van der Waals surface area contributed by atoms with Crippen LogP contribution < -0.4 is 5.32 Å². The summed E-state index contributed by atoms with van der Waals surface area (Å²) in [7, 11) is 1.49. The first-order valence-corrected chi connectivity index (χ1v) is 8.65. The third kappa shape index (κ3) is 4.96. The summed E-state index contributed by atoms with van der Waals surface area (Å²) in [6.07, 6.45) is 9.56. The molecule has 2 aliphatic rings. The highest BCUT2D eigenvalue weighted by Gasteiger charge is 2.38. The maximum absolute atomic E-state index is 12.0. The molecule has 0 aromatic carbocycles. The molecule has 2 fully saturated rings. The molecule has 0 aromatic rings. The highest BCUT2D eigenvalue weighted by molar-refractivity contribution is 5.80. The van der Waals surface area contributed by atoms with Gasteiger partial charge in [0, 0.05) is 12.1 Å². The van der Waals surface area contributed by atoms with Crippen LogP contribution in [0.4, 0.5) is 0 Å². The molecule has 2 unspecified atom stereocenters. The molecule has 2 rings (SSSR count). The zero-order valence-corrected chi connectivity index (χ0v) is 14.0. The van der Waals surface area contributed by atoms with Crippen molar-refractivity contribution in [2.24, 2.45) is 0 Å². The van der Waals surface area contributed by atoms with Crippen LogP contribution in [0.5, 0.6) is 0 Å². The van der Waals surface area contributed by atoms with Crippen LogP contribution in [0.1, 0.15) is 65.2 Å². The van der Waals surface area contributed by atoms with Gasteiger partial charge in [0.05, 0.1) is 7.11 Å². The molecule has 2 atom stereocenters. The summed E-state index contributed by atoms with van der Waals surface area (Å²) in [5.74, 6) is -0.110. The van der Waals surface area contributed by atoms with Gasteiger partial charge in [-0.1, -0.05) is 6.42 Å². The molecule has 0 amide bonds. The topological polar surface area (TPSA) is 41.6 Å². The van der Waals surface area contributed by atoms with E-state index in [4.69, 9.17) is 4.74 Å². The van der Waals surface area contributed by atoms with Crippen molar-refractivity contribution in [1.82, 2.24) is 10.2 Å². The van der Waals surface area contributed by atoms with Gasteiger partial charge in [-0.2, -0.15) is 0 Å². The minimum absolute atomic E-state index is 0.110. The molecule has 0 spiro atoms. The Morgan fingerprint density at radius 1 is 1.29 bits per heavy atom. The summed E-state index contributed by atoms with van der Waals surface area (Å²) in [5, 5.41) is 3.48. The molecule has 4 nitrogen and oxygen atoms in total. The molecule has 4 heteroatoms. The molecule has 1 N–H and O–H groups in total. The van der Waals surface area contributed by atoms with Crippen molar-refractivity contribution >= 4 is 5.97 Å².